The zero-order valence-corrected chi connectivity index (χ0v) is 43.2. The maximum atomic E-state index is 13.2. The molecule has 20 heteroatoms. The van der Waals surface area contributed by atoms with Crippen molar-refractivity contribution in [3.05, 3.63) is 59.7 Å². The normalized spacial score (nSPS) is 12.9. The van der Waals surface area contributed by atoms with Gasteiger partial charge in [-0.1, -0.05) is 30.7 Å². The number of Topliss-reactive ketones (excluding diaryl/α,β-unsaturated/α-hetero) is 1. The minimum Gasteiger partial charge on any atom is -0.480 e. The zero-order chi connectivity index (χ0) is 50.8. The van der Waals surface area contributed by atoms with Gasteiger partial charge < -0.3 is 57.1 Å². The number of halogens is 4. The van der Waals surface area contributed by atoms with E-state index in [0.717, 1.165) is 22.5 Å². The van der Waals surface area contributed by atoms with Crippen LogP contribution >= 0.6 is 46.4 Å². The van der Waals surface area contributed by atoms with Gasteiger partial charge >= 0.3 is 11.9 Å². The first-order valence-corrected chi connectivity index (χ1v) is 26.3. The molecule has 0 bridgehead atoms. The second-order valence-corrected chi connectivity index (χ2v) is 18.6. The van der Waals surface area contributed by atoms with Crippen LogP contribution in [0.4, 0.5) is 11.4 Å². The molecule has 2 aromatic carbocycles. The zero-order valence-electron chi connectivity index (χ0n) is 40.1. The van der Waals surface area contributed by atoms with Crippen molar-refractivity contribution in [1.82, 2.24) is 26.6 Å². The average molecular weight is 1050 g/mol. The number of carboxylic acids is 2. The number of amides is 3. The molecule has 2 rings (SSSR count). The van der Waals surface area contributed by atoms with Crippen LogP contribution in [-0.4, -0.2) is 146 Å². The second kappa shape index (κ2) is 37.0. The largest absolute Gasteiger partial charge is 0.480 e. The van der Waals surface area contributed by atoms with Gasteiger partial charge in [-0.15, -0.1) is 46.4 Å². The molecule has 388 valence electrons. The average Bonchev–Trinajstić information content (AvgIpc) is 3.32. The number of aliphatic carboxylic acids is 2. The number of hydrogen-bond acceptors (Lipinski definition) is 11. The molecule has 2 aromatic rings. The molecule has 0 spiro atoms. The molecule has 69 heavy (non-hydrogen) atoms. The van der Waals surface area contributed by atoms with Crippen LogP contribution in [0.25, 0.3) is 0 Å². The van der Waals surface area contributed by atoms with Gasteiger partial charge in [-0.25, -0.2) is 0 Å². The lowest BCUT2D eigenvalue weighted by molar-refractivity contribution is -0.140. The molecular weight excluding hydrogens is 970 g/mol. The SMILES string of the molecule is CC(=O)CCCCNC(=O)[C@H](CCCCN[C@H](CCc1ccc(N(CCCl)CCCl)cc1)C(=O)O)NC(=O)CCNC(=O)[C@@H](N)CCCCN[C@@H](CCc1ccc(N(CCCl)CCCl)cc1)C(=O)O. The standard InChI is InChI=1S/C49H76Cl4N8O8/c1-36(62)8-2-5-30-57-47(65)42(10-4-7-29-56-44(49(68)69)22-16-38-13-19-40(20-14-38)61(34-26-52)35-27-53)59-45(63)23-31-58-46(64)41(54)9-3-6-28-55-43(48(66)67)21-15-37-11-17-39(18-12-37)60(32-24-50)33-25-51/h11-14,17-20,41-44,55-56H,2-10,15-16,21-35,54H2,1H3,(H,57,65)(H,58,64)(H,59,63)(H,66,67)(H,68,69)/t41-,42-,43-,44+/m0/s1. The summed E-state index contributed by atoms with van der Waals surface area (Å²) >= 11 is 23.7. The summed E-state index contributed by atoms with van der Waals surface area (Å²) in [6.45, 7) is 5.38. The van der Waals surface area contributed by atoms with E-state index in [9.17, 15) is 39.0 Å². The molecule has 3 amide bonds. The number of nitrogens with zero attached hydrogens (tertiary/aromatic N) is 2. The number of anilines is 2. The van der Waals surface area contributed by atoms with Gasteiger partial charge in [0.2, 0.25) is 17.7 Å². The number of carbonyl (C=O) groups is 6. The first kappa shape index (κ1) is 61.2. The van der Waals surface area contributed by atoms with E-state index in [-0.39, 0.29) is 24.7 Å². The maximum Gasteiger partial charge on any atom is 0.320 e. The van der Waals surface area contributed by atoms with E-state index in [2.05, 4.69) is 36.4 Å². The summed E-state index contributed by atoms with van der Waals surface area (Å²) in [4.78, 5) is 78.5. The Morgan fingerprint density at radius 1 is 0.536 bits per heavy atom. The van der Waals surface area contributed by atoms with Crippen molar-refractivity contribution < 1.29 is 39.0 Å². The van der Waals surface area contributed by atoms with Crippen LogP contribution in [0.2, 0.25) is 0 Å². The highest BCUT2D eigenvalue weighted by molar-refractivity contribution is 6.19. The fraction of sp³-hybridized carbons (Fsp3) is 0.633. The first-order chi connectivity index (χ1) is 33.2. The van der Waals surface area contributed by atoms with Gasteiger partial charge in [0.1, 0.15) is 23.9 Å². The van der Waals surface area contributed by atoms with Crippen molar-refractivity contribution in [3.63, 3.8) is 0 Å². The first-order valence-electron chi connectivity index (χ1n) is 24.2. The molecule has 0 heterocycles. The third-order valence-electron chi connectivity index (χ3n) is 11.6. The van der Waals surface area contributed by atoms with E-state index in [1.54, 1.807) is 0 Å². The molecule has 0 saturated carbocycles. The quantitative estimate of drug-likeness (QED) is 0.0307. The number of aryl methyl sites for hydroxylation is 2. The molecule has 0 aliphatic carbocycles. The Morgan fingerprint density at radius 3 is 1.41 bits per heavy atom. The van der Waals surface area contributed by atoms with Gasteiger partial charge in [-0.3, -0.25) is 24.0 Å². The number of nitrogens with one attached hydrogen (secondary N) is 5. The number of rotatable bonds is 41. The lowest BCUT2D eigenvalue weighted by Crippen LogP contribution is -2.48. The van der Waals surface area contributed by atoms with Gasteiger partial charge in [0, 0.05) is 87.0 Å². The molecule has 4 atom stereocenters. The summed E-state index contributed by atoms with van der Waals surface area (Å²) in [6, 6.07) is 12.7. The molecule has 0 aliphatic rings. The summed E-state index contributed by atoms with van der Waals surface area (Å²) in [7, 11) is 0. The fourth-order valence-electron chi connectivity index (χ4n) is 7.59. The Morgan fingerprint density at radius 2 is 0.971 bits per heavy atom. The van der Waals surface area contributed by atoms with Crippen molar-refractivity contribution in [2.24, 2.45) is 5.73 Å². The smallest absolute Gasteiger partial charge is 0.320 e. The minimum absolute atomic E-state index is 0.00652. The van der Waals surface area contributed by atoms with Crippen LogP contribution in [0.5, 0.6) is 0 Å². The summed E-state index contributed by atoms with van der Waals surface area (Å²) in [5.41, 5.74) is 10.2. The molecule has 0 radical (unpaired) electrons. The number of carbonyl (C=O) groups excluding carboxylic acids is 4. The Bertz CT molecular complexity index is 1790. The van der Waals surface area contributed by atoms with E-state index < -0.39 is 47.9 Å². The molecule has 0 aliphatic heterocycles. The highest BCUT2D eigenvalue weighted by Gasteiger charge is 2.22. The summed E-state index contributed by atoms with van der Waals surface area (Å²) < 4.78 is 0. The second-order valence-electron chi connectivity index (χ2n) is 17.0. The number of carboxylic acid groups (broad SMARTS) is 2. The lowest BCUT2D eigenvalue weighted by Gasteiger charge is -2.23. The highest BCUT2D eigenvalue weighted by Crippen LogP contribution is 2.19. The molecule has 0 saturated heterocycles. The molecule has 0 unspecified atom stereocenters. The maximum absolute atomic E-state index is 13.2. The van der Waals surface area contributed by atoms with Crippen molar-refractivity contribution in [3.8, 4) is 0 Å². The van der Waals surface area contributed by atoms with Gasteiger partial charge in [-0.05, 0) is 126 Å². The van der Waals surface area contributed by atoms with Crippen LogP contribution in [0.3, 0.4) is 0 Å². The van der Waals surface area contributed by atoms with Crippen molar-refractivity contribution >= 4 is 93.2 Å². The summed E-state index contributed by atoms with van der Waals surface area (Å²) in [6.07, 6.45) is 6.40. The van der Waals surface area contributed by atoms with E-state index in [1.165, 1.54) is 6.92 Å². The topological polar surface area (TPSA) is 236 Å². The number of hydrogen-bond donors (Lipinski definition) is 8. The third kappa shape index (κ3) is 26.8. The Kier molecular flexibility index (Phi) is 32.8. The fourth-order valence-corrected chi connectivity index (χ4v) is 8.40. The predicted octanol–water partition coefficient (Wildman–Crippen LogP) is 5.44. The van der Waals surface area contributed by atoms with Gasteiger partial charge in [0.15, 0.2) is 0 Å². The van der Waals surface area contributed by atoms with E-state index in [1.807, 2.05) is 48.5 Å². The molecule has 0 aromatic heterocycles. The number of alkyl halides is 4. The molecule has 0 fully saturated rings. The van der Waals surface area contributed by atoms with Crippen LogP contribution < -0.4 is 42.1 Å². The number of ketones is 1. The molecule has 16 nitrogen and oxygen atoms in total. The Labute approximate surface area is 428 Å². The Hall–Kier alpha value is -3.90. The Balaban J connectivity index is 1.78. The van der Waals surface area contributed by atoms with Crippen molar-refractivity contribution in [2.75, 3.05) is 85.7 Å². The van der Waals surface area contributed by atoms with Gasteiger partial charge in [0.25, 0.3) is 0 Å². The summed E-state index contributed by atoms with van der Waals surface area (Å²) in [5, 5.41) is 34.2. The number of benzene rings is 2. The highest BCUT2D eigenvalue weighted by atomic mass is 35.5. The predicted molar refractivity (Wildman–Crippen MR) is 278 cm³/mol. The van der Waals surface area contributed by atoms with Crippen LogP contribution in [0, 0.1) is 0 Å². The van der Waals surface area contributed by atoms with E-state index in [4.69, 9.17) is 52.1 Å². The van der Waals surface area contributed by atoms with Crippen LogP contribution in [0.1, 0.15) is 95.1 Å². The van der Waals surface area contributed by atoms with Crippen molar-refractivity contribution in [2.45, 2.75) is 121 Å². The van der Waals surface area contributed by atoms with Gasteiger partial charge in [0.05, 0.1) is 6.04 Å². The summed E-state index contributed by atoms with van der Waals surface area (Å²) in [5.74, 6) is -1.12. The number of unbranched alkanes of at least 4 members (excludes halogenated alkanes) is 3. The van der Waals surface area contributed by atoms with Crippen LogP contribution in [0.15, 0.2) is 48.5 Å². The van der Waals surface area contributed by atoms with Crippen LogP contribution in [-0.2, 0) is 41.6 Å². The lowest BCUT2D eigenvalue weighted by atomic mass is 10.0. The number of nitrogens with two attached hydrogens (primary N) is 1. The minimum atomic E-state index is -0.955. The van der Waals surface area contributed by atoms with E-state index in [0.29, 0.717) is 153 Å². The van der Waals surface area contributed by atoms with Crippen molar-refractivity contribution in [1.29, 1.82) is 0 Å². The van der Waals surface area contributed by atoms with Gasteiger partial charge in [-0.2, -0.15) is 0 Å². The third-order valence-corrected chi connectivity index (χ3v) is 12.3. The molecule has 9 N–H and O–H groups in total. The van der Waals surface area contributed by atoms with E-state index >= 15 is 0 Å². The monoisotopic (exact) mass is 1040 g/mol. The molecular formula is C49H76Cl4N8O8.